The van der Waals surface area contributed by atoms with E-state index < -0.39 is 16.4 Å². The number of nitrogens with two attached hydrogens (primary N) is 2. The van der Waals surface area contributed by atoms with E-state index >= 15 is 0 Å². The fourth-order valence-corrected chi connectivity index (χ4v) is 0. The van der Waals surface area contributed by atoms with Gasteiger partial charge in [-0.1, -0.05) is 0 Å². The van der Waals surface area contributed by atoms with Crippen LogP contribution in [0.1, 0.15) is 0 Å². The third-order valence-electron chi connectivity index (χ3n) is 0. The summed E-state index contributed by atoms with van der Waals surface area (Å²) in [4.78, 5) is 9.00. The smallest absolute Gasteiger partial charge is 0.352 e. The molecule has 0 aliphatic heterocycles. The number of rotatable bonds is 0. The van der Waals surface area contributed by atoms with Gasteiger partial charge in [-0.2, -0.15) is 21.9 Å². The van der Waals surface area contributed by atoms with Gasteiger partial charge in [0.05, 0.1) is 0 Å². The van der Waals surface area contributed by atoms with Crippen LogP contribution in [0.25, 0.3) is 0 Å². The van der Waals surface area contributed by atoms with Gasteiger partial charge in [0.25, 0.3) is 0 Å². The molecule has 0 bridgehead atoms. The van der Waals surface area contributed by atoms with Crippen molar-refractivity contribution in [2.75, 3.05) is 0 Å². The van der Waals surface area contributed by atoms with E-state index in [4.69, 9.17) is 22.3 Å². The number of amides is 2. The fourth-order valence-electron chi connectivity index (χ4n) is 0. The summed E-state index contributed by atoms with van der Waals surface area (Å²) in [6.07, 6.45) is 0. The van der Waals surface area contributed by atoms with Crippen LogP contribution in [0.2, 0.25) is 0 Å². The van der Waals surface area contributed by atoms with Crippen molar-refractivity contribution in [1.82, 2.24) is 0 Å². The Bertz CT molecular complexity index is 165. The van der Waals surface area contributed by atoms with Crippen LogP contribution in [0.5, 0.6) is 0 Å². The average molecular weight is 258 g/mol. The maximum Gasteiger partial charge on any atom is 0.394 e. The zero-order chi connectivity index (χ0) is 8.08. The Kier molecular flexibility index (Phi) is 20.7. The molecule has 0 heterocycles. The second-order valence-electron chi connectivity index (χ2n) is 0.850. The van der Waals surface area contributed by atoms with Crippen molar-refractivity contribution in [2.24, 2.45) is 11.5 Å². The maximum atomic E-state index is 9.00. The summed E-state index contributed by atoms with van der Waals surface area (Å²) in [5.41, 5.74) is 8.50. The molecule has 66 valence electrons. The second kappa shape index (κ2) is 10.1. The predicted octanol–water partition coefficient (Wildman–Crippen LogP) is -1.52. The summed E-state index contributed by atoms with van der Waals surface area (Å²) in [7, 11) is -4.67. The van der Waals surface area contributed by atoms with E-state index in [9.17, 15) is 0 Å². The molecule has 0 radical (unpaired) electrons. The summed E-state index contributed by atoms with van der Waals surface area (Å²) in [5, 5.41) is 0. The van der Waals surface area contributed by atoms with Gasteiger partial charge in [-0.05, 0) is 0 Å². The number of carbonyl (C=O) groups excluding carboxylic acids is 1. The SMILES string of the molecule is NC(N)=O.O=S(=O)(O)O.S.[Zn]. The van der Waals surface area contributed by atoms with Crippen molar-refractivity contribution in [3.63, 3.8) is 0 Å². The number of urea groups is 1. The molecular formula is CH8N2O5S2Zn. The molecule has 10 heteroatoms. The first-order valence-electron chi connectivity index (χ1n) is 1.48. The molecule has 2 amide bonds. The van der Waals surface area contributed by atoms with Crippen LogP contribution in [0, 0.1) is 0 Å². The number of hydrogen-bond donors (Lipinski definition) is 4. The summed E-state index contributed by atoms with van der Waals surface area (Å²) in [5.74, 6) is 0. The van der Waals surface area contributed by atoms with Crippen molar-refractivity contribution in [3.05, 3.63) is 0 Å². The Morgan fingerprint density at radius 3 is 1.18 bits per heavy atom. The van der Waals surface area contributed by atoms with Gasteiger partial charge in [-0.25, -0.2) is 4.79 Å². The van der Waals surface area contributed by atoms with Crippen LogP contribution in [0.4, 0.5) is 4.79 Å². The standard InChI is InChI=1S/CH4N2O.H2O4S.H2S.Zn/c2-1(3)4;1-5(2,3)4;;/h(H4,2,3,4);(H2,1,2,3,4);1H2;. The Balaban J connectivity index is -0.0000000383. The van der Waals surface area contributed by atoms with Crippen molar-refractivity contribution < 1.29 is 41.8 Å². The topological polar surface area (TPSA) is 144 Å². The molecule has 0 saturated heterocycles. The van der Waals surface area contributed by atoms with Gasteiger partial charge < -0.3 is 11.5 Å². The normalized spacial score (nSPS) is 7.45. The summed E-state index contributed by atoms with van der Waals surface area (Å²) >= 11 is 0. The number of carbonyl (C=O) groups is 1. The molecule has 0 aromatic carbocycles. The van der Waals surface area contributed by atoms with Crippen molar-refractivity contribution in [3.8, 4) is 0 Å². The largest absolute Gasteiger partial charge is 0.394 e. The first-order valence-corrected chi connectivity index (χ1v) is 2.88. The van der Waals surface area contributed by atoms with Gasteiger partial charge in [-0.15, -0.1) is 0 Å². The summed E-state index contributed by atoms with van der Waals surface area (Å²) < 4.78 is 31.6. The van der Waals surface area contributed by atoms with Crippen LogP contribution in [-0.4, -0.2) is 23.6 Å². The average Bonchev–Trinajstić information content (AvgIpc) is 1.19. The number of hydrogen-bond acceptors (Lipinski definition) is 3. The van der Waals surface area contributed by atoms with Gasteiger partial charge in [0.2, 0.25) is 0 Å². The van der Waals surface area contributed by atoms with Crippen molar-refractivity contribution in [2.45, 2.75) is 0 Å². The van der Waals surface area contributed by atoms with Crippen LogP contribution in [0.3, 0.4) is 0 Å². The molecule has 0 aliphatic carbocycles. The second-order valence-corrected chi connectivity index (χ2v) is 1.75. The zero-order valence-electron chi connectivity index (χ0n) is 5.39. The Morgan fingerprint density at radius 2 is 1.18 bits per heavy atom. The molecule has 0 unspecified atom stereocenters. The monoisotopic (exact) mass is 256 g/mol. The Hall–Kier alpha value is 0.113. The van der Waals surface area contributed by atoms with Gasteiger partial charge >= 0.3 is 16.4 Å². The Morgan fingerprint density at radius 1 is 1.18 bits per heavy atom. The minimum absolute atomic E-state index is 0. The molecule has 0 aromatic rings. The molecule has 0 atom stereocenters. The molecule has 6 N–H and O–H groups in total. The van der Waals surface area contributed by atoms with Crippen LogP contribution < -0.4 is 11.5 Å². The van der Waals surface area contributed by atoms with Crippen LogP contribution in [-0.2, 0) is 29.9 Å². The number of primary amides is 2. The molecule has 0 aliphatic rings. The van der Waals surface area contributed by atoms with E-state index in [-0.39, 0.29) is 33.0 Å². The zero-order valence-corrected chi connectivity index (χ0v) is 10.2. The molecule has 11 heavy (non-hydrogen) atoms. The first kappa shape index (κ1) is 22.5. The molecule has 0 rings (SSSR count). The molecule has 7 nitrogen and oxygen atoms in total. The molecule has 0 fully saturated rings. The minimum atomic E-state index is -4.67. The van der Waals surface area contributed by atoms with Crippen LogP contribution in [0.15, 0.2) is 0 Å². The van der Waals surface area contributed by atoms with Gasteiger partial charge in [0.15, 0.2) is 0 Å². The van der Waals surface area contributed by atoms with E-state index in [1.807, 2.05) is 0 Å². The first-order chi connectivity index (χ1) is 3.73. The van der Waals surface area contributed by atoms with Gasteiger partial charge in [0, 0.05) is 19.5 Å². The minimum Gasteiger partial charge on any atom is -0.352 e. The van der Waals surface area contributed by atoms with E-state index in [1.54, 1.807) is 0 Å². The molecule has 0 saturated carbocycles. The fraction of sp³-hybridized carbons (Fsp3) is 0. The van der Waals surface area contributed by atoms with E-state index in [0.717, 1.165) is 0 Å². The van der Waals surface area contributed by atoms with E-state index in [0.29, 0.717) is 0 Å². The summed E-state index contributed by atoms with van der Waals surface area (Å²) in [6.45, 7) is 0. The summed E-state index contributed by atoms with van der Waals surface area (Å²) in [6, 6.07) is -0.833. The molecular weight excluding hydrogens is 250 g/mol. The predicted molar refractivity (Wildman–Crippen MR) is 38.3 cm³/mol. The van der Waals surface area contributed by atoms with Gasteiger partial charge in [0.1, 0.15) is 0 Å². The third kappa shape index (κ3) is 51800. The molecule has 0 aromatic heterocycles. The van der Waals surface area contributed by atoms with Crippen LogP contribution >= 0.6 is 13.5 Å². The van der Waals surface area contributed by atoms with Gasteiger partial charge in [-0.3, -0.25) is 9.11 Å². The molecule has 0 spiro atoms. The van der Waals surface area contributed by atoms with E-state index in [1.165, 1.54) is 0 Å². The van der Waals surface area contributed by atoms with E-state index in [2.05, 4.69) is 11.5 Å². The quantitative estimate of drug-likeness (QED) is 0.308. The maximum absolute atomic E-state index is 9.00. The third-order valence-corrected chi connectivity index (χ3v) is 0. The Labute approximate surface area is 83.3 Å². The van der Waals surface area contributed by atoms with Crippen molar-refractivity contribution in [1.29, 1.82) is 0 Å². The van der Waals surface area contributed by atoms with Crippen molar-refractivity contribution >= 4 is 29.9 Å².